The molecule has 0 radical (unpaired) electrons. The summed E-state index contributed by atoms with van der Waals surface area (Å²) in [5.74, 6) is 3.28. The van der Waals surface area contributed by atoms with E-state index in [-0.39, 0.29) is 16.2 Å². The van der Waals surface area contributed by atoms with Crippen LogP contribution in [0, 0.1) is 0 Å². The fourth-order valence-electron chi connectivity index (χ4n) is 22.0. The average Bonchev–Trinajstić information content (AvgIpc) is 1.26. The molecule has 0 saturated carbocycles. The van der Waals surface area contributed by atoms with E-state index < -0.39 is 0 Å². The van der Waals surface area contributed by atoms with Crippen LogP contribution in [0.4, 0.5) is 0 Å². The zero-order valence-electron chi connectivity index (χ0n) is 72.6. The molecule has 614 valence electrons. The van der Waals surface area contributed by atoms with Crippen molar-refractivity contribution in [3.05, 3.63) is 434 Å². The molecule has 6 aromatic heterocycles. The van der Waals surface area contributed by atoms with Crippen LogP contribution in [0.1, 0.15) is 74.9 Å². The van der Waals surface area contributed by atoms with E-state index >= 15 is 0 Å². The molecule has 0 N–H and O–H groups in total. The first-order valence-electron chi connectivity index (χ1n) is 44.8. The van der Waals surface area contributed by atoms with Crippen molar-refractivity contribution in [3.8, 4) is 108 Å². The molecule has 130 heavy (non-hydrogen) atoms. The molecular formula is C120H84N10. The minimum Gasteiger partial charge on any atom is -0.278 e. The fraction of sp³-hybridized carbons (Fsp3) is 0.0750. The summed E-state index contributed by atoms with van der Waals surface area (Å²) in [6.07, 6.45) is 0. The molecule has 0 atom stereocenters. The van der Waals surface area contributed by atoms with Gasteiger partial charge in [-0.2, -0.15) is 9.97 Å². The van der Waals surface area contributed by atoms with Crippen LogP contribution in [-0.4, -0.2) is 48.6 Å². The third-order valence-corrected chi connectivity index (χ3v) is 27.8. The molecule has 3 aliphatic rings. The second-order valence-corrected chi connectivity index (χ2v) is 36.1. The first kappa shape index (κ1) is 76.0. The molecule has 10 nitrogen and oxygen atoms in total. The number of rotatable bonds is 8. The van der Waals surface area contributed by atoms with Gasteiger partial charge in [0.05, 0.1) is 55.7 Å². The molecule has 0 bridgehead atoms. The van der Waals surface area contributed by atoms with Crippen molar-refractivity contribution < 1.29 is 0 Å². The van der Waals surface area contributed by atoms with Crippen LogP contribution < -0.4 is 0 Å². The maximum Gasteiger partial charge on any atom is 0.238 e. The first-order valence-corrected chi connectivity index (χ1v) is 44.8. The zero-order valence-corrected chi connectivity index (χ0v) is 72.6. The van der Waals surface area contributed by atoms with E-state index in [1.807, 2.05) is 54.6 Å². The average molecular weight is 1670 g/mol. The molecule has 0 saturated heterocycles. The highest BCUT2D eigenvalue weighted by atomic mass is 15.2. The molecule has 0 aliphatic heterocycles. The number of para-hydroxylation sites is 4. The standard InChI is InChI=1S/C41H29N3.C40H28N4.C39H27N3/c1-41(2)32-21-12-18-28-17-11-20-29(37(28)32)30-23-24-36-38(39(30)41)31-19-9-10-22-35(31)44(36)40-42-33(26-13-5-3-6-14-26)25-34(43-40)27-15-7-4-8-16-27;1-40(2)31-21-12-18-25-17-11-20-28(34(25)31)29-23-24-33-35(36(29)40)30-19-9-10-22-32(30)44(33)39-42-37(26-13-5-3-6-14-26)41-38(43-39)27-15-7-4-8-16-27;1-39(2)30-19-11-15-24-14-10-18-26(34(24)30)27-22-23-33-35(36(27)39)29-17-7-9-21-32(29)42(33)38-40-31-20-8-6-16-28(31)37(41-38)25-12-4-3-5-13-25/h3-25H,1-2H3;3-24H,1-2H3;3-23H,1-2H3. The van der Waals surface area contributed by atoms with E-state index in [1.54, 1.807) is 0 Å². The van der Waals surface area contributed by atoms with Gasteiger partial charge in [0.2, 0.25) is 17.8 Å². The molecule has 27 rings (SSSR count). The predicted molar refractivity (Wildman–Crippen MR) is 537 cm³/mol. The van der Waals surface area contributed by atoms with Crippen LogP contribution in [0.25, 0.3) is 216 Å². The van der Waals surface area contributed by atoms with E-state index in [1.165, 1.54) is 131 Å². The van der Waals surface area contributed by atoms with Crippen LogP contribution in [0.3, 0.4) is 0 Å². The van der Waals surface area contributed by atoms with Crippen LogP contribution >= 0.6 is 0 Å². The summed E-state index contributed by atoms with van der Waals surface area (Å²) in [6, 6.07) is 142. The van der Waals surface area contributed by atoms with Crippen molar-refractivity contribution in [1.29, 1.82) is 0 Å². The Morgan fingerprint density at radius 3 is 0.869 bits per heavy atom. The van der Waals surface area contributed by atoms with Gasteiger partial charge in [-0.15, -0.1) is 0 Å². The topological polar surface area (TPSA) is 105 Å². The summed E-state index contributed by atoms with van der Waals surface area (Å²) in [5, 5.41) is 16.4. The summed E-state index contributed by atoms with van der Waals surface area (Å²) in [4.78, 5) is 36.1. The summed E-state index contributed by atoms with van der Waals surface area (Å²) in [6.45, 7) is 14.2. The van der Waals surface area contributed by atoms with Crippen molar-refractivity contribution in [2.75, 3.05) is 0 Å². The van der Waals surface area contributed by atoms with E-state index in [9.17, 15) is 0 Å². The van der Waals surface area contributed by atoms with Crippen molar-refractivity contribution in [2.24, 2.45) is 0 Å². The monoisotopic (exact) mass is 1660 g/mol. The third-order valence-electron chi connectivity index (χ3n) is 27.8. The lowest BCUT2D eigenvalue weighted by Crippen LogP contribution is -2.24. The number of hydrogen-bond acceptors (Lipinski definition) is 7. The van der Waals surface area contributed by atoms with Crippen molar-refractivity contribution in [1.82, 2.24) is 48.6 Å². The van der Waals surface area contributed by atoms with Gasteiger partial charge in [0.25, 0.3) is 0 Å². The second-order valence-electron chi connectivity index (χ2n) is 36.1. The van der Waals surface area contributed by atoms with E-state index in [0.29, 0.717) is 29.5 Å². The van der Waals surface area contributed by atoms with Gasteiger partial charge < -0.3 is 0 Å². The summed E-state index contributed by atoms with van der Waals surface area (Å²) >= 11 is 0. The van der Waals surface area contributed by atoms with E-state index in [2.05, 4.69) is 401 Å². The van der Waals surface area contributed by atoms with Crippen molar-refractivity contribution >= 4 is 109 Å². The number of hydrogen-bond donors (Lipinski definition) is 0. The molecule has 0 fully saturated rings. The summed E-state index contributed by atoms with van der Waals surface area (Å²) in [5.41, 5.74) is 30.8. The largest absolute Gasteiger partial charge is 0.278 e. The molecule has 0 spiro atoms. The smallest absolute Gasteiger partial charge is 0.238 e. The Labute approximate surface area is 751 Å². The van der Waals surface area contributed by atoms with Crippen LogP contribution in [-0.2, 0) is 16.2 Å². The SMILES string of the molecule is CC1(C)c2cccc3cccc(c23)-c2ccc3c(c21)c1ccccc1n3-c1nc(-c2ccccc2)c2ccccc2n1.CC1(C)c2cccc3cccc(c23)-c2ccc3c(c21)c1ccccc1n3-c1nc(-c2ccccc2)cc(-c2ccccc2)n1.CC1(C)c2cccc3cccc(c23)-c2ccc3c(c21)c1ccccc1n3-c1nc(-c2ccccc2)nc(-c2ccccc2)n1. The molecule has 24 aromatic rings. The molecular weight excluding hydrogens is 1580 g/mol. The Morgan fingerprint density at radius 2 is 0.500 bits per heavy atom. The van der Waals surface area contributed by atoms with E-state index in [0.717, 1.165) is 88.9 Å². The Hall–Kier alpha value is -16.4. The van der Waals surface area contributed by atoms with Gasteiger partial charge >= 0.3 is 0 Å². The van der Waals surface area contributed by atoms with Crippen LogP contribution in [0.15, 0.2) is 400 Å². The summed E-state index contributed by atoms with van der Waals surface area (Å²) in [7, 11) is 0. The zero-order chi connectivity index (χ0) is 86.8. The van der Waals surface area contributed by atoms with Gasteiger partial charge in [-0.25, -0.2) is 24.9 Å². The number of aromatic nitrogens is 10. The van der Waals surface area contributed by atoms with E-state index in [4.69, 9.17) is 34.9 Å². The van der Waals surface area contributed by atoms with Crippen molar-refractivity contribution in [3.63, 3.8) is 0 Å². The number of benzene rings is 18. The van der Waals surface area contributed by atoms with Gasteiger partial charge in [0.1, 0.15) is 0 Å². The van der Waals surface area contributed by atoms with Gasteiger partial charge in [-0.05, 0) is 148 Å². The quantitative estimate of drug-likeness (QED) is 0.149. The van der Waals surface area contributed by atoms with Crippen LogP contribution in [0.2, 0.25) is 0 Å². The molecule has 6 heterocycles. The lowest BCUT2D eigenvalue weighted by molar-refractivity contribution is 0.651. The number of nitrogens with zero attached hydrogens (tertiary/aromatic N) is 10. The first-order chi connectivity index (χ1) is 63.8. The highest BCUT2D eigenvalue weighted by Crippen LogP contribution is 2.57. The molecule has 18 aromatic carbocycles. The van der Waals surface area contributed by atoms with Gasteiger partial charge in [0.15, 0.2) is 11.6 Å². The third kappa shape index (κ3) is 11.6. The van der Waals surface area contributed by atoms with Gasteiger partial charge in [-0.1, -0.05) is 393 Å². The van der Waals surface area contributed by atoms with Crippen molar-refractivity contribution in [2.45, 2.75) is 57.8 Å². The van der Waals surface area contributed by atoms with Gasteiger partial charge in [-0.3, -0.25) is 13.7 Å². The molecule has 10 heteroatoms. The van der Waals surface area contributed by atoms with Gasteiger partial charge in [0, 0.05) is 81.8 Å². The fourth-order valence-corrected chi connectivity index (χ4v) is 22.0. The highest BCUT2D eigenvalue weighted by Gasteiger charge is 2.41. The Morgan fingerprint density at radius 1 is 0.200 bits per heavy atom. The minimum absolute atomic E-state index is 0.197. The molecule has 0 unspecified atom stereocenters. The normalized spacial score (nSPS) is 13.5. The number of fused-ring (bicyclic) bond motifs is 19. The lowest BCUT2D eigenvalue weighted by Gasteiger charge is -2.36. The Kier molecular flexibility index (Phi) is 17.2. The Bertz CT molecular complexity index is 8330. The molecule has 0 amide bonds. The maximum atomic E-state index is 5.28. The summed E-state index contributed by atoms with van der Waals surface area (Å²) < 4.78 is 6.75. The lowest BCUT2D eigenvalue weighted by atomic mass is 9.67. The molecule has 3 aliphatic carbocycles. The minimum atomic E-state index is -0.221. The maximum absolute atomic E-state index is 5.28. The Balaban J connectivity index is 0.000000105. The second kappa shape index (κ2) is 29.3. The highest BCUT2D eigenvalue weighted by molar-refractivity contribution is 6.20. The van der Waals surface area contributed by atoms with Crippen LogP contribution in [0.5, 0.6) is 0 Å². The predicted octanol–water partition coefficient (Wildman–Crippen LogP) is 30.0.